The number of likely N-dealkylation sites (N-methyl/N-ethyl adjacent to an activating group) is 1. The SMILES string of the molecule is C=C(Cl)c1ccc(O)c2c1C[C@H]1C[C@H]3[C@H](N(C)C)C(O)=C(C(N)=O)C(=O)[C@@]3(O)C(O)=C1C2=O. The number of hydrogen-bond acceptors (Lipinski definition) is 8. The summed E-state index contributed by atoms with van der Waals surface area (Å²) in [5.74, 6) is -6.91. The number of carbonyl (C=O) groups is 3. The number of fused-ring (bicyclic) bond motifs is 3. The maximum Gasteiger partial charge on any atom is 0.255 e. The smallest absolute Gasteiger partial charge is 0.255 e. The molecular weight excluding hydrogens is 452 g/mol. The van der Waals surface area contributed by atoms with Crippen molar-refractivity contribution in [3.63, 3.8) is 0 Å². The van der Waals surface area contributed by atoms with Crippen molar-refractivity contribution in [1.29, 1.82) is 0 Å². The number of Topliss-reactive ketones (excluding diaryl/α,β-unsaturated/α-hetero) is 2. The summed E-state index contributed by atoms with van der Waals surface area (Å²) in [6.07, 6.45) is 0.166. The van der Waals surface area contributed by atoms with Crippen LogP contribution in [0.1, 0.15) is 27.9 Å². The van der Waals surface area contributed by atoms with E-state index in [4.69, 9.17) is 17.3 Å². The van der Waals surface area contributed by atoms with E-state index >= 15 is 0 Å². The van der Waals surface area contributed by atoms with E-state index in [1.807, 2.05) is 0 Å². The molecule has 0 saturated heterocycles. The molecule has 1 amide bonds. The molecule has 4 atom stereocenters. The molecule has 10 heteroatoms. The number of rotatable bonds is 3. The number of nitrogens with two attached hydrogens (primary N) is 1. The van der Waals surface area contributed by atoms with Crippen molar-refractivity contribution >= 4 is 34.1 Å². The van der Waals surface area contributed by atoms with Gasteiger partial charge in [0.05, 0.1) is 11.6 Å². The van der Waals surface area contributed by atoms with E-state index in [1.54, 1.807) is 14.1 Å². The van der Waals surface area contributed by atoms with Crippen molar-refractivity contribution in [2.24, 2.45) is 17.6 Å². The van der Waals surface area contributed by atoms with Gasteiger partial charge in [-0.15, -0.1) is 0 Å². The van der Waals surface area contributed by atoms with Crippen LogP contribution in [0, 0.1) is 11.8 Å². The first-order valence-corrected chi connectivity index (χ1v) is 10.6. The third-order valence-corrected chi connectivity index (χ3v) is 7.10. The molecule has 0 unspecified atom stereocenters. The number of aliphatic hydroxyl groups is 3. The summed E-state index contributed by atoms with van der Waals surface area (Å²) in [4.78, 5) is 40.1. The lowest BCUT2D eigenvalue weighted by Gasteiger charge is -2.50. The molecule has 0 aliphatic heterocycles. The number of halogens is 1. The van der Waals surface area contributed by atoms with Crippen LogP contribution in [0.25, 0.3) is 5.03 Å². The number of nitrogens with zero attached hydrogens (tertiary/aromatic N) is 1. The van der Waals surface area contributed by atoms with E-state index in [2.05, 4.69) is 6.58 Å². The molecule has 0 fully saturated rings. The first-order chi connectivity index (χ1) is 15.3. The van der Waals surface area contributed by atoms with E-state index in [0.717, 1.165) is 0 Å². The standard InChI is InChI=1S/C23H23ClN2O7/c1-8(24)10-4-5-13(27)15-11(10)6-9-7-12-17(26(2)3)19(29)16(22(25)32)21(31)23(12,33)20(30)14(9)18(15)28/h4-5,9,12,17,27,29-30,33H,1,6-7H2,2-3H3,(H2,25,32)/t9-,12-,17-,23-/m0/s1. The highest BCUT2D eigenvalue weighted by Crippen LogP contribution is 2.52. The molecule has 0 heterocycles. The molecule has 0 aromatic heterocycles. The molecule has 0 radical (unpaired) electrons. The van der Waals surface area contributed by atoms with Crippen molar-refractivity contribution in [2.75, 3.05) is 14.1 Å². The zero-order chi connectivity index (χ0) is 24.6. The summed E-state index contributed by atoms with van der Waals surface area (Å²) in [5, 5.41) is 43.9. The molecule has 1 aromatic rings. The number of phenols is 1. The third-order valence-electron chi connectivity index (χ3n) is 6.90. The Morgan fingerprint density at radius 2 is 1.88 bits per heavy atom. The maximum absolute atomic E-state index is 13.4. The molecule has 33 heavy (non-hydrogen) atoms. The highest BCUT2D eigenvalue weighted by Gasteiger charge is 2.63. The summed E-state index contributed by atoms with van der Waals surface area (Å²) >= 11 is 6.10. The van der Waals surface area contributed by atoms with Crippen LogP contribution < -0.4 is 5.73 Å². The average Bonchev–Trinajstić information content (AvgIpc) is 2.70. The van der Waals surface area contributed by atoms with Crippen LogP contribution in [-0.4, -0.2) is 68.5 Å². The van der Waals surface area contributed by atoms with Crippen molar-refractivity contribution < 1.29 is 34.8 Å². The molecule has 0 spiro atoms. The number of aromatic hydroxyl groups is 1. The highest BCUT2D eigenvalue weighted by molar-refractivity contribution is 6.48. The largest absolute Gasteiger partial charge is 0.510 e. The predicted molar refractivity (Wildman–Crippen MR) is 119 cm³/mol. The summed E-state index contributed by atoms with van der Waals surface area (Å²) < 4.78 is 0. The lowest BCUT2D eigenvalue weighted by atomic mass is 9.58. The fraction of sp³-hybridized carbons (Fsp3) is 0.348. The van der Waals surface area contributed by atoms with Crippen molar-refractivity contribution in [3.8, 4) is 5.75 Å². The van der Waals surface area contributed by atoms with Crippen LogP contribution in [0.4, 0.5) is 0 Å². The zero-order valence-corrected chi connectivity index (χ0v) is 18.7. The summed E-state index contributed by atoms with van der Waals surface area (Å²) in [6, 6.07) is 1.77. The molecule has 3 aliphatic rings. The van der Waals surface area contributed by atoms with E-state index in [1.165, 1.54) is 17.0 Å². The van der Waals surface area contributed by atoms with Gasteiger partial charge in [-0.25, -0.2) is 0 Å². The first kappa shape index (κ1) is 23.0. The Morgan fingerprint density at radius 1 is 1.24 bits per heavy atom. The zero-order valence-electron chi connectivity index (χ0n) is 17.9. The summed E-state index contributed by atoms with van der Waals surface area (Å²) in [5.41, 5.74) is 2.37. The fourth-order valence-corrected chi connectivity index (χ4v) is 5.68. The van der Waals surface area contributed by atoms with Crippen LogP contribution in [0.15, 0.2) is 41.4 Å². The van der Waals surface area contributed by atoms with Crippen molar-refractivity contribution in [2.45, 2.75) is 24.5 Å². The Balaban J connectivity index is 1.99. The Morgan fingerprint density at radius 3 is 2.42 bits per heavy atom. The van der Waals surface area contributed by atoms with Gasteiger partial charge in [0.15, 0.2) is 11.4 Å². The van der Waals surface area contributed by atoms with Gasteiger partial charge in [-0.1, -0.05) is 18.2 Å². The monoisotopic (exact) mass is 474 g/mol. The molecule has 1 aromatic carbocycles. The second-order valence-electron chi connectivity index (χ2n) is 8.85. The van der Waals surface area contributed by atoms with Gasteiger partial charge in [0.25, 0.3) is 5.91 Å². The van der Waals surface area contributed by atoms with Crippen molar-refractivity contribution in [3.05, 3.63) is 58.1 Å². The molecule has 3 aliphatic carbocycles. The van der Waals surface area contributed by atoms with Gasteiger partial charge in [-0.2, -0.15) is 0 Å². The topological polar surface area (TPSA) is 161 Å². The lowest BCUT2D eigenvalue weighted by molar-refractivity contribution is -0.148. The number of ketones is 2. The van der Waals surface area contributed by atoms with Gasteiger partial charge in [0.2, 0.25) is 5.78 Å². The molecule has 0 bridgehead atoms. The van der Waals surface area contributed by atoms with Gasteiger partial charge in [0, 0.05) is 16.5 Å². The van der Waals surface area contributed by atoms with E-state index < -0.39 is 58.0 Å². The molecule has 174 valence electrons. The number of amides is 1. The van der Waals surface area contributed by atoms with Crippen LogP contribution in [-0.2, 0) is 16.0 Å². The van der Waals surface area contributed by atoms with Gasteiger partial charge in [-0.05, 0) is 56.1 Å². The Hall–Kier alpha value is -3.14. The number of benzene rings is 1. The number of allylic oxidation sites excluding steroid dienone is 1. The van der Waals surface area contributed by atoms with Crippen LogP contribution in [0.5, 0.6) is 5.75 Å². The van der Waals surface area contributed by atoms with E-state index in [9.17, 15) is 34.8 Å². The summed E-state index contributed by atoms with van der Waals surface area (Å²) in [7, 11) is 3.14. The number of aliphatic hydroxyl groups excluding tert-OH is 2. The average molecular weight is 475 g/mol. The first-order valence-electron chi connectivity index (χ1n) is 10.2. The number of carbonyl (C=O) groups excluding carboxylic acids is 3. The van der Waals surface area contributed by atoms with Crippen LogP contribution >= 0.6 is 11.6 Å². The minimum atomic E-state index is -2.66. The summed E-state index contributed by atoms with van der Waals surface area (Å²) in [6.45, 7) is 3.70. The second-order valence-corrected chi connectivity index (χ2v) is 9.31. The lowest BCUT2D eigenvalue weighted by Crippen LogP contribution is -2.63. The highest BCUT2D eigenvalue weighted by atomic mass is 35.5. The minimum absolute atomic E-state index is 0.00954. The number of hydrogen-bond donors (Lipinski definition) is 5. The number of primary amides is 1. The molecule has 4 rings (SSSR count). The molecule has 6 N–H and O–H groups in total. The van der Waals surface area contributed by atoms with Crippen LogP contribution in [0.3, 0.4) is 0 Å². The Kier molecular flexibility index (Phi) is 5.19. The quantitative estimate of drug-likeness (QED) is 0.410. The van der Waals surface area contributed by atoms with E-state index in [0.29, 0.717) is 11.1 Å². The Bertz CT molecular complexity index is 1220. The minimum Gasteiger partial charge on any atom is -0.510 e. The van der Waals surface area contributed by atoms with Gasteiger partial charge >= 0.3 is 0 Å². The molecular formula is C23H23ClN2O7. The fourth-order valence-electron chi connectivity index (χ4n) is 5.50. The number of phenolic OH excluding ortho intramolecular Hbond substituents is 1. The molecule has 0 saturated carbocycles. The second kappa shape index (κ2) is 7.44. The predicted octanol–water partition coefficient (Wildman–Crippen LogP) is 1.33. The van der Waals surface area contributed by atoms with Gasteiger partial charge in [0.1, 0.15) is 22.8 Å². The van der Waals surface area contributed by atoms with E-state index in [-0.39, 0.29) is 34.8 Å². The molecule has 9 nitrogen and oxygen atoms in total. The van der Waals surface area contributed by atoms with Crippen molar-refractivity contribution in [1.82, 2.24) is 4.90 Å². The third kappa shape index (κ3) is 2.96. The van der Waals surface area contributed by atoms with Gasteiger partial charge < -0.3 is 26.2 Å². The van der Waals surface area contributed by atoms with Gasteiger partial charge in [-0.3, -0.25) is 19.3 Å². The maximum atomic E-state index is 13.4. The van der Waals surface area contributed by atoms with Crippen LogP contribution in [0.2, 0.25) is 0 Å². The Labute approximate surface area is 194 Å². The normalized spacial score (nSPS) is 29.1.